The molecule has 7 rings (SSSR count). The number of ether oxygens (including phenoxy) is 4. The van der Waals surface area contributed by atoms with Crippen LogP contribution >= 0.6 is 0 Å². The number of methoxy groups -OCH3 is 1. The number of carbonyl (C=O) groups is 1. The molecule has 1 aliphatic carbocycles. The molecular weight excluding hydrogens is 813 g/mol. The van der Waals surface area contributed by atoms with Crippen LogP contribution in [0.3, 0.4) is 0 Å². The van der Waals surface area contributed by atoms with Crippen LogP contribution in [0.5, 0.6) is 11.8 Å². The number of hydrogen-bond donors (Lipinski definition) is 2. The summed E-state index contributed by atoms with van der Waals surface area (Å²) in [6.07, 6.45) is 2.37. The summed E-state index contributed by atoms with van der Waals surface area (Å²) in [5.74, 6) is 2.83. The van der Waals surface area contributed by atoms with Gasteiger partial charge in [-0.25, -0.2) is 13.6 Å². The Labute approximate surface area is 364 Å². The lowest BCUT2D eigenvalue weighted by atomic mass is 9.95. The molecule has 4 aromatic rings. The van der Waals surface area contributed by atoms with Crippen LogP contribution in [0, 0.1) is 28.5 Å². The van der Waals surface area contributed by atoms with E-state index < -0.39 is 31.8 Å². The van der Waals surface area contributed by atoms with Gasteiger partial charge in [-0.05, 0) is 60.1 Å². The van der Waals surface area contributed by atoms with Crippen molar-refractivity contribution in [3.05, 3.63) is 47.7 Å². The number of morpholine rings is 1. The Hall–Kier alpha value is -4.66. The van der Waals surface area contributed by atoms with Gasteiger partial charge in [0.25, 0.3) is 0 Å². The van der Waals surface area contributed by atoms with Gasteiger partial charge >= 0.3 is 12.1 Å². The first-order valence-electron chi connectivity index (χ1n) is 21.8. The fraction of sp³-hybridized carbons (Fsp3) is 0.565. The minimum Gasteiger partial charge on any atom is -0.468 e. The van der Waals surface area contributed by atoms with Crippen molar-refractivity contribution in [2.75, 3.05) is 91.5 Å². The molecule has 2 aromatic carbocycles. The maximum Gasteiger partial charge on any atom is 0.404 e. The zero-order chi connectivity index (χ0) is 44.3. The quantitative estimate of drug-likeness (QED) is 0.0736. The molecule has 2 aromatic heterocycles. The van der Waals surface area contributed by atoms with Crippen LogP contribution in [-0.2, 0) is 9.47 Å². The van der Waals surface area contributed by atoms with Crippen LogP contribution in [0.2, 0.25) is 16.6 Å². The summed E-state index contributed by atoms with van der Waals surface area (Å²) in [7, 11) is 1.12. The highest BCUT2D eigenvalue weighted by Gasteiger charge is 2.45. The van der Waals surface area contributed by atoms with Crippen LogP contribution in [0.25, 0.3) is 32.9 Å². The molecule has 4 heterocycles. The monoisotopic (exact) mass is 873 g/mol. The lowest BCUT2D eigenvalue weighted by molar-refractivity contribution is 0.0231. The maximum atomic E-state index is 17.8. The molecule has 1 amide bonds. The molecule has 62 heavy (non-hydrogen) atoms. The maximum absolute atomic E-state index is 17.8. The van der Waals surface area contributed by atoms with Gasteiger partial charge in [0.2, 0.25) is 0 Å². The highest BCUT2D eigenvalue weighted by molar-refractivity contribution is 6.90. The fourth-order valence-corrected chi connectivity index (χ4v) is 14.9. The average Bonchev–Trinajstić information content (AvgIpc) is 4.02. The number of benzene rings is 2. The second-order valence-electron chi connectivity index (χ2n) is 18.2. The number of fused-ring (bicyclic) bond motifs is 2. The molecule has 16 heteroatoms. The Bertz CT molecular complexity index is 2310. The summed E-state index contributed by atoms with van der Waals surface area (Å²) in [5, 5.41) is 13.6. The molecule has 13 nitrogen and oxygen atoms in total. The van der Waals surface area contributed by atoms with E-state index in [1.807, 2.05) is 16.8 Å². The van der Waals surface area contributed by atoms with Crippen molar-refractivity contribution in [1.29, 1.82) is 0 Å². The number of amides is 1. The highest BCUT2D eigenvalue weighted by Crippen LogP contribution is 2.47. The number of rotatable bonds is 14. The van der Waals surface area contributed by atoms with E-state index >= 15 is 8.78 Å². The SMILES string of the molecule is COCOc1cc(-c2ncc3c(N4CCN(C)C[C@@H](NC(=O)O)C4)nc(OCC4(CN5CCOCC5)CC4)nc3c2F)c2c(C#C[Si](C(C)C)(C(C)C)C(C)C)c(F)ccc2c1. The van der Waals surface area contributed by atoms with Gasteiger partial charge in [0.15, 0.2) is 12.6 Å². The molecule has 0 radical (unpaired) electrons. The Morgan fingerprint density at radius 3 is 2.40 bits per heavy atom. The minimum absolute atomic E-state index is 0.00846. The number of anilines is 1. The second kappa shape index (κ2) is 19.0. The summed E-state index contributed by atoms with van der Waals surface area (Å²) in [6.45, 7) is 19.3. The Morgan fingerprint density at radius 1 is 1.02 bits per heavy atom. The predicted molar refractivity (Wildman–Crippen MR) is 240 cm³/mol. The smallest absolute Gasteiger partial charge is 0.404 e. The fourth-order valence-electron chi connectivity index (χ4n) is 9.66. The van der Waals surface area contributed by atoms with Crippen LogP contribution < -0.4 is 19.7 Å². The molecule has 2 N–H and O–H groups in total. The van der Waals surface area contributed by atoms with Crippen molar-refractivity contribution in [1.82, 2.24) is 30.1 Å². The number of nitrogens with zero attached hydrogens (tertiary/aromatic N) is 6. The van der Waals surface area contributed by atoms with Crippen molar-refractivity contribution >= 4 is 41.7 Å². The largest absolute Gasteiger partial charge is 0.468 e. The minimum atomic E-state index is -2.32. The van der Waals surface area contributed by atoms with E-state index in [4.69, 9.17) is 33.9 Å². The van der Waals surface area contributed by atoms with Gasteiger partial charge < -0.3 is 39.2 Å². The van der Waals surface area contributed by atoms with Gasteiger partial charge in [0.05, 0.1) is 36.8 Å². The van der Waals surface area contributed by atoms with Crippen molar-refractivity contribution < 1.29 is 37.6 Å². The normalized spacial score (nSPS) is 18.6. The number of pyridine rings is 1. The van der Waals surface area contributed by atoms with Crippen molar-refractivity contribution in [3.8, 4) is 34.5 Å². The third-order valence-electron chi connectivity index (χ3n) is 13.0. The van der Waals surface area contributed by atoms with Crippen molar-refractivity contribution in [2.24, 2.45) is 5.41 Å². The van der Waals surface area contributed by atoms with Gasteiger partial charge in [0.1, 0.15) is 36.7 Å². The lowest BCUT2D eigenvalue weighted by Gasteiger charge is -2.38. The van der Waals surface area contributed by atoms with E-state index in [1.165, 1.54) is 19.4 Å². The third kappa shape index (κ3) is 9.62. The number of hydrogen-bond acceptors (Lipinski definition) is 11. The van der Waals surface area contributed by atoms with Gasteiger partial charge in [-0.1, -0.05) is 53.5 Å². The van der Waals surface area contributed by atoms with Crippen LogP contribution in [0.1, 0.15) is 59.9 Å². The lowest BCUT2D eigenvalue weighted by Crippen LogP contribution is -2.46. The summed E-state index contributed by atoms with van der Waals surface area (Å²) in [5.41, 5.74) is 4.87. The summed E-state index contributed by atoms with van der Waals surface area (Å²) >= 11 is 0. The van der Waals surface area contributed by atoms with Crippen molar-refractivity contribution in [3.63, 3.8) is 0 Å². The topological polar surface area (TPSA) is 135 Å². The standard InChI is InChI=1S/C46H61F2N7O6Si/c1-29(2)62(30(3)4,31(5)6)20-11-35-38(47)10-9-32-21-34(61-28-58-8)22-36(39(32)35)41-40(48)42-37(23-49-41)43(55-15-14-53(7)24-33(25-55)50-45(56)57)52-44(51-42)60-27-46(12-13-46)26-54-16-18-59-19-17-54/h9-10,21-23,29-31,33,50H,12-19,24-28H2,1-8H3,(H,56,57)/t33-/m1/s1. The molecule has 334 valence electrons. The zero-order valence-electron chi connectivity index (χ0n) is 37.3. The Balaban J connectivity index is 1.40. The highest BCUT2D eigenvalue weighted by atomic mass is 28.3. The molecular formula is C46H61F2N7O6Si. The molecule has 3 fully saturated rings. The average molecular weight is 874 g/mol. The molecule has 1 atom stereocenters. The van der Waals surface area contributed by atoms with Crippen LogP contribution in [0.4, 0.5) is 19.4 Å². The van der Waals surface area contributed by atoms with Gasteiger partial charge in [-0.2, -0.15) is 9.97 Å². The van der Waals surface area contributed by atoms with Gasteiger partial charge in [0, 0.05) is 75.5 Å². The Kier molecular flexibility index (Phi) is 13.9. The van der Waals surface area contributed by atoms with E-state index in [0.29, 0.717) is 83.8 Å². The van der Waals surface area contributed by atoms with Crippen molar-refractivity contribution in [2.45, 2.75) is 77.0 Å². The molecule has 2 aliphatic heterocycles. The number of carboxylic acid groups (broad SMARTS) is 1. The number of likely N-dealkylation sites (N-methyl/N-ethyl adjacent to an activating group) is 1. The molecule has 3 aliphatic rings. The molecule has 0 spiro atoms. The van der Waals surface area contributed by atoms with E-state index in [1.54, 1.807) is 18.2 Å². The molecule has 0 unspecified atom stereocenters. The number of nitrogens with one attached hydrogen (secondary N) is 1. The first kappa shape index (κ1) is 45.4. The second-order valence-corrected chi connectivity index (χ2v) is 23.8. The molecule has 2 saturated heterocycles. The molecule has 1 saturated carbocycles. The summed E-state index contributed by atoms with van der Waals surface area (Å²) in [6, 6.07) is 6.00. The summed E-state index contributed by atoms with van der Waals surface area (Å²) < 4.78 is 57.2. The van der Waals surface area contributed by atoms with E-state index in [9.17, 15) is 9.90 Å². The number of halogens is 2. The first-order chi connectivity index (χ1) is 29.6. The third-order valence-corrected chi connectivity index (χ3v) is 19.3. The van der Waals surface area contributed by atoms with E-state index in [2.05, 4.69) is 63.2 Å². The first-order valence-corrected chi connectivity index (χ1v) is 24.0. The molecule has 0 bridgehead atoms. The zero-order valence-corrected chi connectivity index (χ0v) is 38.3. The van der Waals surface area contributed by atoms with Gasteiger partial charge in [-0.3, -0.25) is 9.88 Å². The number of aromatic nitrogens is 3. The summed E-state index contributed by atoms with van der Waals surface area (Å²) in [4.78, 5) is 32.6. The van der Waals surface area contributed by atoms with Crippen LogP contribution in [-0.4, -0.2) is 137 Å². The van der Waals surface area contributed by atoms with E-state index in [-0.39, 0.29) is 47.1 Å². The van der Waals surface area contributed by atoms with Crippen LogP contribution in [0.15, 0.2) is 30.5 Å². The van der Waals surface area contributed by atoms with E-state index in [0.717, 1.165) is 32.5 Å². The predicted octanol–water partition coefficient (Wildman–Crippen LogP) is 7.55. The van der Waals surface area contributed by atoms with Gasteiger partial charge in [-0.15, -0.1) is 5.54 Å². The Morgan fingerprint density at radius 2 is 1.74 bits per heavy atom.